The van der Waals surface area contributed by atoms with Crippen LogP contribution in [0.4, 0.5) is 0 Å². The third kappa shape index (κ3) is 3.37. The van der Waals surface area contributed by atoms with Crippen molar-refractivity contribution in [1.29, 1.82) is 0 Å². The molecule has 2 aromatic rings. The number of rotatable bonds is 3. The van der Waals surface area contributed by atoms with E-state index in [2.05, 4.69) is 48.6 Å². The first-order valence-electron chi connectivity index (χ1n) is 11.8. The SMILES string of the molecule is CO[C@H]1CCCC2Oc3ccc(-c4ccc5c(c4)C=C4C(CCC[C@@H]4OC)O5)cc3C=C21. The zero-order chi connectivity index (χ0) is 21.7. The second kappa shape index (κ2) is 8.09. The molecule has 2 heterocycles. The van der Waals surface area contributed by atoms with E-state index in [4.69, 9.17) is 18.9 Å². The summed E-state index contributed by atoms with van der Waals surface area (Å²) in [4.78, 5) is 0. The maximum absolute atomic E-state index is 6.34. The Hall–Kier alpha value is -2.56. The van der Waals surface area contributed by atoms with Crippen molar-refractivity contribution in [3.63, 3.8) is 0 Å². The van der Waals surface area contributed by atoms with Gasteiger partial charge < -0.3 is 18.9 Å². The summed E-state index contributed by atoms with van der Waals surface area (Å²) < 4.78 is 24.2. The summed E-state index contributed by atoms with van der Waals surface area (Å²) >= 11 is 0. The lowest BCUT2D eigenvalue weighted by molar-refractivity contribution is 0.0717. The highest BCUT2D eigenvalue weighted by atomic mass is 16.5. The normalized spacial score (nSPS) is 28.1. The van der Waals surface area contributed by atoms with Gasteiger partial charge in [0.05, 0.1) is 12.2 Å². The highest BCUT2D eigenvalue weighted by molar-refractivity contribution is 5.76. The first kappa shape index (κ1) is 20.1. The van der Waals surface area contributed by atoms with Gasteiger partial charge in [-0.1, -0.05) is 12.1 Å². The van der Waals surface area contributed by atoms with Gasteiger partial charge in [0.25, 0.3) is 0 Å². The molecule has 0 N–H and O–H groups in total. The van der Waals surface area contributed by atoms with Crippen LogP contribution in [0.15, 0.2) is 47.5 Å². The van der Waals surface area contributed by atoms with Crippen LogP contribution >= 0.6 is 0 Å². The highest BCUT2D eigenvalue weighted by Gasteiger charge is 2.33. The summed E-state index contributed by atoms with van der Waals surface area (Å²) in [6.07, 6.45) is 11.8. The molecule has 2 fully saturated rings. The molecule has 0 saturated heterocycles. The van der Waals surface area contributed by atoms with E-state index in [9.17, 15) is 0 Å². The molecule has 4 heteroatoms. The summed E-state index contributed by atoms with van der Waals surface area (Å²) in [6, 6.07) is 13.0. The molecule has 4 atom stereocenters. The van der Waals surface area contributed by atoms with E-state index < -0.39 is 0 Å². The average Bonchev–Trinajstić information content (AvgIpc) is 2.84. The number of fused-ring (bicyclic) bond motifs is 4. The first-order valence-corrected chi connectivity index (χ1v) is 11.8. The Bertz CT molecular complexity index is 1010. The van der Waals surface area contributed by atoms with Crippen molar-refractivity contribution in [2.75, 3.05) is 14.2 Å². The molecule has 2 aliphatic carbocycles. The van der Waals surface area contributed by atoms with Crippen LogP contribution in [0.2, 0.25) is 0 Å². The summed E-state index contributed by atoms with van der Waals surface area (Å²) in [6.45, 7) is 0. The highest BCUT2D eigenvalue weighted by Crippen LogP contribution is 2.42. The molecule has 166 valence electrons. The van der Waals surface area contributed by atoms with E-state index in [1.807, 2.05) is 0 Å². The third-order valence-corrected chi connectivity index (χ3v) is 7.46. The summed E-state index contributed by atoms with van der Waals surface area (Å²) in [5.74, 6) is 1.94. The van der Waals surface area contributed by atoms with Crippen molar-refractivity contribution < 1.29 is 18.9 Å². The maximum Gasteiger partial charge on any atom is 0.127 e. The zero-order valence-corrected chi connectivity index (χ0v) is 18.8. The molecular formula is C28H30O4. The second-order valence-electron chi connectivity index (χ2n) is 9.32. The van der Waals surface area contributed by atoms with Gasteiger partial charge in [0, 0.05) is 25.3 Å². The Morgan fingerprint density at radius 1 is 0.656 bits per heavy atom. The molecule has 4 aliphatic rings. The van der Waals surface area contributed by atoms with Gasteiger partial charge in [-0.2, -0.15) is 0 Å². The molecule has 0 bridgehead atoms. The van der Waals surface area contributed by atoms with Crippen molar-refractivity contribution in [2.24, 2.45) is 0 Å². The minimum Gasteiger partial charge on any atom is -0.485 e. The van der Waals surface area contributed by atoms with Crippen LogP contribution in [0, 0.1) is 0 Å². The molecule has 4 nitrogen and oxygen atoms in total. The van der Waals surface area contributed by atoms with Crippen molar-refractivity contribution in [3.05, 3.63) is 58.7 Å². The molecule has 2 unspecified atom stereocenters. The number of ether oxygens (including phenoxy) is 4. The predicted molar refractivity (Wildman–Crippen MR) is 126 cm³/mol. The van der Waals surface area contributed by atoms with Crippen molar-refractivity contribution in [3.8, 4) is 22.6 Å². The molecule has 2 aliphatic heterocycles. The number of hydrogen-bond acceptors (Lipinski definition) is 4. The Kier molecular flexibility index (Phi) is 5.08. The molecule has 0 radical (unpaired) electrons. The summed E-state index contributed by atoms with van der Waals surface area (Å²) in [7, 11) is 3.60. The standard InChI is InChI=1S/C28H30O4/c1-29-25-5-3-7-27-21(25)15-19-13-17(9-11-23(19)31-27)18-10-12-24-20(14-18)16-22-26(30-2)6-4-8-28(22)32-24/h9-16,25-28H,3-8H2,1-2H3/t25-,26-,27?,28?/m0/s1. The fraction of sp³-hybridized carbons (Fsp3) is 0.429. The minimum absolute atomic E-state index is 0.150. The number of hydrogen-bond donors (Lipinski definition) is 0. The second-order valence-corrected chi connectivity index (χ2v) is 9.32. The summed E-state index contributed by atoms with van der Waals surface area (Å²) in [5, 5.41) is 0. The van der Waals surface area contributed by atoms with E-state index >= 15 is 0 Å². The van der Waals surface area contributed by atoms with E-state index in [1.54, 1.807) is 14.2 Å². The van der Waals surface area contributed by atoms with Gasteiger partial charge >= 0.3 is 0 Å². The molecule has 0 amide bonds. The lowest BCUT2D eigenvalue weighted by Gasteiger charge is -2.35. The number of benzene rings is 2. The first-order chi connectivity index (χ1) is 15.7. The van der Waals surface area contributed by atoms with Gasteiger partial charge in [-0.15, -0.1) is 0 Å². The van der Waals surface area contributed by atoms with E-state index in [1.165, 1.54) is 22.3 Å². The van der Waals surface area contributed by atoms with Gasteiger partial charge in [-0.3, -0.25) is 0 Å². The minimum atomic E-state index is 0.150. The van der Waals surface area contributed by atoms with Crippen molar-refractivity contribution in [2.45, 2.75) is 62.9 Å². The molecular weight excluding hydrogens is 400 g/mol. The molecule has 0 aromatic heterocycles. The van der Waals surface area contributed by atoms with Gasteiger partial charge in [0.15, 0.2) is 0 Å². The van der Waals surface area contributed by atoms with Gasteiger partial charge in [0.1, 0.15) is 23.7 Å². The monoisotopic (exact) mass is 430 g/mol. The van der Waals surface area contributed by atoms with Crippen LogP contribution in [0.5, 0.6) is 11.5 Å². The van der Waals surface area contributed by atoms with Crippen LogP contribution in [0.1, 0.15) is 49.7 Å². The fourth-order valence-electron chi connectivity index (χ4n) is 5.75. The van der Waals surface area contributed by atoms with E-state index in [0.717, 1.165) is 61.2 Å². The summed E-state index contributed by atoms with van der Waals surface area (Å²) in [5.41, 5.74) is 7.20. The van der Waals surface area contributed by atoms with Crippen LogP contribution in [-0.4, -0.2) is 38.6 Å². The Labute approximate surface area is 189 Å². The van der Waals surface area contributed by atoms with Gasteiger partial charge in [0.2, 0.25) is 0 Å². The van der Waals surface area contributed by atoms with Crippen LogP contribution < -0.4 is 9.47 Å². The smallest absolute Gasteiger partial charge is 0.127 e. The van der Waals surface area contributed by atoms with Gasteiger partial charge in [-0.25, -0.2) is 0 Å². The quantitative estimate of drug-likeness (QED) is 0.595. The van der Waals surface area contributed by atoms with Crippen LogP contribution in [0.25, 0.3) is 23.3 Å². The lowest BCUT2D eigenvalue weighted by atomic mass is 9.85. The average molecular weight is 431 g/mol. The van der Waals surface area contributed by atoms with Crippen molar-refractivity contribution >= 4 is 12.2 Å². The molecule has 32 heavy (non-hydrogen) atoms. The molecule has 0 spiro atoms. The van der Waals surface area contributed by atoms with E-state index in [-0.39, 0.29) is 24.4 Å². The van der Waals surface area contributed by atoms with E-state index in [0.29, 0.717) is 0 Å². The van der Waals surface area contributed by atoms with Crippen LogP contribution in [0.3, 0.4) is 0 Å². The van der Waals surface area contributed by atoms with Crippen LogP contribution in [-0.2, 0) is 9.47 Å². The lowest BCUT2D eigenvalue weighted by Crippen LogP contribution is -2.34. The Morgan fingerprint density at radius 2 is 1.12 bits per heavy atom. The largest absolute Gasteiger partial charge is 0.485 e. The van der Waals surface area contributed by atoms with Gasteiger partial charge in [-0.05, 0) is 97.2 Å². The zero-order valence-electron chi connectivity index (χ0n) is 18.8. The predicted octanol–water partition coefficient (Wildman–Crippen LogP) is 6.04. The third-order valence-electron chi connectivity index (χ3n) is 7.46. The molecule has 6 rings (SSSR count). The number of methoxy groups -OCH3 is 2. The Morgan fingerprint density at radius 3 is 1.56 bits per heavy atom. The Balaban J connectivity index is 1.35. The maximum atomic E-state index is 6.34. The molecule has 2 aromatic carbocycles. The topological polar surface area (TPSA) is 36.9 Å². The van der Waals surface area contributed by atoms with Crippen molar-refractivity contribution in [1.82, 2.24) is 0 Å². The fourth-order valence-corrected chi connectivity index (χ4v) is 5.75. The molecule has 2 saturated carbocycles.